The summed E-state index contributed by atoms with van der Waals surface area (Å²) in [5.41, 5.74) is 4.38. The van der Waals surface area contributed by atoms with Crippen LogP contribution in [0, 0.1) is 11.2 Å². The molecule has 1 aromatic heterocycles. The zero-order valence-corrected chi connectivity index (χ0v) is 21.9. The molecule has 2 heterocycles. The molecule has 1 amide bonds. The summed E-state index contributed by atoms with van der Waals surface area (Å²) >= 11 is 3.51. The molecule has 4 nitrogen and oxygen atoms in total. The van der Waals surface area contributed by atoms with Crippen molar-refractivity contribution >= 4 is 40.5 Å². The van der Waals surface area contributed by atoms with Gasteiger partial charge in [-0.25, -0.2) is 4.39 Å². The van der Waals surface area contributed by atoms with Crippen LogP contribution in [0.5, 0.6) is 0 Å². The Bertz CT molecular complexity index is 1190. The van der Waals surface area contributed by atoms with Crippen molar-refractivity contribution in [2.24, 2.45) is 5.41 Å². The smallest absolute Gasteiger partial charge is 0.254 e. The Kier molecular flexibility index (Phi) is 7.06. The van der Waals surface area contributed by atoms with Crippen LogP contribution in [0.1, 0.15) is 63.8 Å². The van der Waals surface area contributed by atoms with E-state index in [-0.39, 0.29) is 22.9 Å². The summed E-state index contributed by atoms with van der Waals surface area (Å²) in [5.74, 6) is -0.0512. The number of allylic oxidation sites excluding steroid dienone is 3. The normalized spacial score (nSPS) is 19.7. The van der Waals surface area contributed by atoms with Crippen molar-refractivity contribution in [1.29, 1.82) is 0 Å². The fraction of sp³-hybridized carbons (Fsp3) is 0.407. The van der Waals surface area contributed by atoms with Crippen LogP contribution < -0.4 is 10.6 Å². The molecule has 1 atom stereocenters. The molecule has 7 heteroatoms. The number of thioether (sulfide) groups is 1. The highest BCUT2D eigenvalue weighted by molar-refractivity contribution is 8.01. The molecule has 0 saturated heterocycles. The van der Waals surface area contributed by atoms with Crippen molar-refractivity contribution in [3.63, 3.8) is 0 Å². The Labute approximate surface area is 209 Å². The highest BCUT2D eigenvalue weighted by Gasteiger charge is 2.43. The number of ketones is 1. The van der Waals surface area contributed by atoms with Crippen LogP contribution in [0.4, 0.5) is 10.1 Å². The molecule has 0 bridgehead atoms. The number of amides is 1. The van der Waals surface area contributed by atoms with Crippen LogP contribution >= 0.6 is 23.1 Å². The standard InChI is InChI=1S/C27H31FN2O2S2/c1-6-18-12-19(26(34-18)33-7-2)23-22(25(32)30-17-10-8-16(28)9-11-17)15(3)29-20-13-27(4,5)14-21(31)24(20)23/h8-12,23,29H,6-7,13-14H2,1-5H3,(H,30,32)/t23-/m0/s1. The minimum atomic E-state index is -0.425. The molecule has 34 heavy (non-hydrogen) atoms. The van der Waals surface area contributed by atoms with Crippen LogP contribution in [-0.2, 0) is 16.0 Å². The fourth-order valence-electron chi connectivity index (χ4n) is 4.84. The minimum Gasteiger partial charge on any atom is -0.362 e. The van der Waals surface area contributed by atoms with E-state index in [1.807, 2.05) is 6.92 Å². The molecule has 0 fully saturated rings. The number of dihydropyridines is 1. The van der Waals surface area contributed by atoms with E-state index in [1.165, 1.54) is 17.0 Å². The third-order valence-corrected chi connectivity index (χ3v) is 8.78. The van der Waals surface area contributed by atoms with Gasteiger partial charge in [0, 0.05) is 45.4 Å². The SMILES string of the molecule is CCSc1sc(CC)cc1[C@H]1C(C(=O)Nc2ccc(F)cc2)=C(C)NC2=C1C(=O)CC(C)(C)C2. The molecule has 180 valence electrons. The molecule has 1 aromatic carbocycles. The van der Waals surface area contributed by atoms with Crippen molar-refractivity contribution < 1.29 is 14.0 Å². The van der Waals surface area contributed by atoms with E-state index in [4.69, 9.17) is 0 Å². The van der Waals surface area contributed by atoms with Gasteiger partial charge in [-0.15, -0.1) is 23.1 Å². The quantitative estimate of drug-likeness (QED) is 0.430. The molecule has 2 aliphatic rings. The van der Waals surface area contributed by atoms with Gasteiger partial charge in [0.25, 0.3) is 5.91 Å². The van der Waals surface area contributed by atoms with Gasteiger partial charge in [0.2, 0.25) is 0 Å². The average molecular weight is 499 g/mol. The predicted molar refractivity (Wildman–Crippen MR) is 139 cm³/mol. The third kappa shape index (κ3) is 4.86. The summed E-state index contributed by atoms with van der Waals surface area (Å²) in [6.07, 6.45) is 2.12. The van der Waals surface area contributed by atoms with Crippen LogP contribution in [-0.4, -0.2) is 17.4 Å². The van der Waals surface area contributed by atoms with E-state index >= 15 is 0 Å². The molecule has 0 unspecified atom stereocenters. The minimum absolute atomic E-state index is 0.0972. The van der Waals surface area contributed by atoms with Gasteiger partial charge in [-0.2, -0.15) is 0 Å². The van der Waals surface area contributed by atoms with Gasteiger partial charge < -0.3 is 10.6 Å². The zero-order chi connectivity index (χ0) is 24.6. The first kappa shape index (κ1) is 24.7. The monoisotopic (exact) mass is 498 g/mol. The molecule has 0 radical (unpaired) electrons. The number of carbonyl (C=O) groups is 2. The third-order valence-electron chi connectivity index (χ3n) is 6.30. The lowest BCUT2D eigenvalue weighted by atomic mass is 9.69. The summed E-state index contributed by atoms with van der Waals surface area (Å²) in [6, 6.07) is 7.91. The number of Topliss-reactive ketones (excluding diaryl/α,β-unsaturated/α-hetero) is 1. The van der Waals surface area contributed by atoms with E-state index < -0.39 is 5.92 Å². The first-order chi connectivity index (χ1) is 16.1. The van der Waals surface area contributed by atoms with Gasteiger partial charge in [0.05, 0.1) is 4.21 Å². The number of carbonyl (C=O) groups excluding carboxylic acids is 2. The second kappa shape index (κ2) is 9.70. The number of thiophene rings is 1. The predicted octanol–water partition coefficient (Wildman–Crippen LogP) is 6.80. The zero-order valence-electron chi connectivity index (χ0n) is 20.3. The van der Waals surface area contributed by atoms with E-state index in [1.54, 1.807) is 35.2 Å². The Balaban J connectivity index is 1.85. The molecular formula is C27H31FN2O2S2. The van der Waals surface area contributed by atoms with E-state index in [2.05, 4.69) is 44.4 Å². The van der Waals surface area contributed by atoms with E-state index in [0.717, 1.165) is 39.8 Å². The maximum atomic E-state index is 13.7. The molecule has 4 rings (SSSR count). The average Bonchev–Trinajstić information content (AvgIpc) is 3.16. The maximum Gasteiger partial charge on any atom is 0.254 e. The Morgan fingerprint density at radius 1 is 1.24 bits per heavy atom. The number of hydrogen-bond donors (Lipinski definition) is 2. The summed E-state index contributed by atoms with van der Waals surface area (Å²) in [6.45, 7) is 10.4. The molecule has 2 aromatic rings. The van der Waals surface area contributed by atoms with Crippen molar-refractivity contribution in [3.8, 4) is 0 Å². The van der Waals surface area contributed by atoms with Gasteiger partial charge in [0.15, 0.2) is 5.78 Å². The number of anilines is 1. The van der Waals surface area contributed by atoms with Crippen molar-refractivity contribution in [2.75, 3.05) is 11.1 Å². The maximum absolute atomic E-state index is 13.7. The van der Waals surface area contributed by atoms with Crippen molar-refractivity contribution in [1.82, 2.24) is 5.32 Å². The molecular weight excluding hydrogens is 467 g/mol. The summed E-state index contributed by atoms with van der Waals surface area (Å²) < 4.78 is 14.6. The van der Waals surface area contributed by atoms with E-state index in [0.29, 0.717) is 23.3 Å². The van der Waals surface area contributed by atoms with Crippen LogP contribution in [0.2, 0.25) is 0 Å². The lowest BCUT2D eigenvalue weighted by Crippen LogP contribution is -2.39. The number of aryl methyl sites for hydroxylation is 1. The van der Waals surface area contributed by atoms with Gasteiger partial charge >= 0.3 is 0 Å². The summed E-state index contributed by atoms with van der Waals surface area (Å²) in [7, 11) is 0. The van der Waals surface area contributed by atoms with Crippen LogP contribution in [0.3, 0.4) is 0 Å². The molecule has 0 spiro atoms. The number of nitrogens with one attached hydrogen (secondary N) is 2. The molecule has 2 N–H and O–H groups in total. The van der Waals surface area contributed by atoms with Gasteiger partial charge in [-0.1, -0.05) is 27.7 Å². The topological polar surface area (TPSA) is 58.2 Å². The van der Waals surface area contributed by atoms with Crippen LogP contribution in [0.15, 0.2) is 57.1 Å². The Morgan fingerprint density at radius 2 is 1.94 bits per heavy atom. The lowest BCUT2D eigenvalue weighted by Gasteiger charge is -2.39. The number of halogens is 1. The molecule has 1 aliphatic carbocycles. The van der Waals surface area contributed by atoms with Gasteiger partial charge in [-0.05, 0) is 66.8 Å². The Morgan fingerprint density at radius 3 is 2.59 bits per heavy atom. The van der Waals surface area contributed by atoms with Crippen LogP contribution in [0.25, 0.3) is 0 Å². The second-order valence-corrected chi connectivity index (χ2v) is 12.3. The summed E-state index contributed by atoms with van der Waals surface area (Å²) in [5, 5.41) is 6.34. The number of benzene rings is 1. The summed E-state index contributed by atoms with van der Waals surface area (Å²) in [4.78, 5) is 28.4. The largest absolute Gasteiger partial charge is 0.362 e. The lowest BCUT2D eigenvalue weighted by molar-refractivity contribution is -0.118. The van der Waals surface area contributed by atoms with Gasteiger partial charge in [0.1, 0.15) is 5.82 Å². The van der Waals surface area contributed by atoms with E-state index in [9.17, 15) is 14.0 Å². The molecule has 1 aliphatic heterocycles. The van der Waals surface area contributed by atoms with Gasteiger partial charge in [-0.3, -0.25) is 9.59 Å². The Hall–Kier alpha value is -2.38. The number of rotatable bonds is 6. The molecule has 0 saturated carbocycles. The van der Waals surface area contributed by atoms with Crippen molar-refractivity contribution in [2.45, 2.75) is 64.0 Å². The highest BCUT2D eigenvalue weighted by atomic mass is 32.2. The fourth-order valence-corrected chi connectivity index (χ4v) is 7.22. The highest BCUT2D eigenvalue weighted by Crippen LogP contribution is 2.50. The second-order valence-electron chi connectivity index (χ2n) is 9.63. The van der Waals surface area contributed by atoms with Crippen molar-refractivity contribution in [3.05, 3.63) is 69.1 Å². The first-order valence-electron chi connectivity index (χ1n) is 11.7. The number of hydrogen-bond acceptors (Lipinski definition) is 5. The first-order valence-corrected chi connectivity index (χ1v) is 13.5.